The van der Waals surface area contributed by atoms with Gasteiger partial charge in [-0.05, 0) is 44.9 Å². The molecule has 3 rings (SSSR count). The lowest BCUT2D eigenvalue weighted by molar-refractivity contribution is 0.0949. The van der Waals surface area contributed by atoms with Crippen LogP contribution in [0.3, 0.4) is 0 Å². The van der Waals surface area contributed by atoms with Gasteiger partial charge in [-0.15, -0.1) is 0 Å². The third kappa shape index (κ3) is 3.58. The zero-order valence-corrected chi connectivity index (χ0v) is 17.8. The Morgan fingerprint density at radius 3 is 2.03 bits per heavy atom. The zero-order chi connectivity index (χ0) is 21.3. The summed E-state index contributed by atoms with van der Waals surface area (Å²) >= 11 is 0. The SMILES string of the molecule is CCN(CC)C1=C(S(=O)(=O)Nc2cccc(C)c2C)C(=O)c2ccccc2C1=O. The summed E-state index contributed by atoms with van der Waals surface area (Å²) in [5, 5.41) is 0. The Hall–Kier alpha value is -2.93. The van der Waals surface area contributed by atoms with Crippen molar-refractivity contribution < 1.29 is 18.0 Å². The van der Waals surface area contributed by atoms with Gasteiger partial charge in [-0.25, -0.2) is 8.42 Å². The number of likely N-dealkylation sites (N-methyl/N-ethyl adjacent to an activating group) is 1. The molecule has 0 atom stereocenters. The maximum Gasteiger partial charge on any atom is 0.268 e. The molecule has 0 aromatic heterocycles. The maximum absolute atomic E-state index is 13.4. The number of sulfonamides is 1. The lowest BCUT2D eigenvalue weighted by Crippen LogP contribution is -2.37. The zero-order valence-electron chi connectivity index (χ0n) is 16.9. The quantitative estimate of drug-likeness (QED) is 0.783. The van der Waals surface area contributed by atoms with Gasteiger partial charge in [0.1, 0.15) is 5.70 Å². The number of hydrogen-bond acceptors (Lipinski definition) is 5. The van der Waals surface area contributed by atoms with E-state index in [1.807, 2.05) is 26.8 Å². The lowest BCUT2D eigenvalue weighted by atomic mass is 9.92. The number of ketones is 2. The number of benzene rings is 2. The molecule has 0 bridgehead atoms. The number of rotatable bonds is 6. The fourth-order valence-corrected chi connectivity index (χ4v) is 4.92. The Bertz CT molecular complexity index is 1130. The molecule has 2 aromatic rings. The van der Waals surface area contributed by atoms with Crippen LogP contribution >= 0.6 is 0 Å². The van der Waals surface area contributed by atoms with Crippen LogP contribution in [0.2, 0.25) is 0 Å². The van der Waals surface area contributed by atoms with Gasteiger partial charge in [0.2, 0.25) is 11.6 Å². The van der Waals surface area contributed by atoms with Gasteiger partial charge in [0.05, 0.1) is 5.69 Å². The van der Waals surface area contributed by atoms with E-state index < -0.39 is 26.5 Å². The van der Waals surface area contributed by atoms with E-state index >= 15 is 0 Å². The molecular formula is C22H24N2O4S. The minimum atomic E-state index is -4.30. The Labute approximate surface area is 171 Å². The third-order valence-corrected chi connectivity index (χ3v) is 6.65. The van der Waals surface area contributed by atoms with Crippen LogP contribution in [0.25, 0.3) is 0 Å². The Balaban J connectivity index is 2.23. The third-order valence-electron chi connectivity index (χ3n) is 5.25. The van der Waals surface area contributed by atoms with Crippen molar-refractivity contribution in [2.45, 2.75) is 27.7 Å². The topological polar surface area (TPSA) is 83.6 Å². The van der Waals surface area contributed by atoms with Crippen LogP contribution < -0.4 is 4.72 Å². The summed E-state index contributed by atoms with van der Waals surface area (Å²) in [6, 6.07) is 11.6. The molecule has 152 valence electrons. The van der Waals surface area contributed by atoms with Crippen molar-refractivity contribution in [1.82, 2.24) is 4.90 Å². The minimum Gasteiger partial charge on any atom is -0.368 e. The molecule has 0 unspecified atom stereocenters. The molecule has 7 heteroatoms. The summed E-state index contributed by atoms with van der Waals surface area (Å²) in [6.45, 7) is 8.11. The molecule has 6 nitrogen and oxygen atoms in total. The van der Waals surface area contributed by atoms with Crippen LogP contribution in [0.1, 0.15) is 45.7 Å². The van der Waals surface area contributed by atoms with E-state index in [4.69, 9.17) is 0 Å². The molecule has 0 fully saturated rings. The molecule has 2 aromatic carbocycles. The fraction of sp³-hybridized carbons (Fsp3) is 0.273. The summed E-state index contributed by atoms with van der Waals surface area (Å²) < 4.78 is 29.3. The summed E-state index contributed by atoms with van der Waals surface area (Å²) in [5.41, 5.74) is 2.32. The van der Waals surface area contributed by atoms with Crippen LogP contribution in [0.5, 0.6) is 0 Å². The van der Waals surface area contributed by atoms with E-state index in [2.05, 4.69) is 4.72 Å². The smallest absolute Gasteiger partial charge is 0.268 e. The highest BCUT2D eigenvalue weighted by Gasteiger charge is 2.41. The number of carbonyl (C=O) groups excluding carboxylic acids is 2. The van der Waals surface area contributed by atoms with E-state index in [-0.39, 0.29) is 16.8 Å². The van der Waals surface area contributed by atoms with Crippen molar-refractivity contribution in [3.8, 4) is 0 Å². The molecule has 0 amide bonds. The Kier molecular flexibility index (Phi) is 5.61. The normalized spacial score (nSPS) is 14.1. The van der Waals surface area contributed by atoms with Gasteiger partial charge in [-0.3, -0.25) is 14.3 Å². The summed E-state index contributed by atoms with van der Waals surface area (Å²) in [4.78, 5) is 27.6. The van der Waals surface area contributed by atoms with E-state index in [9.17, 15) is 18.0 Å². The van der Waals surface area contributed by atoms with Crippen LogP contribution in [0, 0.1) is 13.8 Å². The van der Waals surface area contributed by atoms with E-state index in [0.717, 1.165) is 11.1 Å². The van der Waals surface area contributed by atoms with Crippen molar-refractivity contribution in [2.75, 3.05) is 17.8 Å². The van der Waals surface area contributed by atoms with E-state index in [0.29, 0.717) is 18.8 Å². The number of nitrogens with zero attached hydrogens (tertiary/aromatic N) is 1. The molecule has 0 heterocycles. The second-order valence-electron chi connectivity index (χ2n) is 6.91. The Morgan fingerprint density at radius 2 is 1.45 bits per heavy atom. The second kappa shape index (κ2) is 7.83. The van der Waals surface area contributed by atoms with Crippen LogP contribution in [-0.2, 0) is 10.0 Å². The van der Waals surface area contributed by atoms with Gasteiger partial charge in [0.15, 0.2) is 4.91 Å². The molecule has 0 radical (unpaired) electrons. The van der Waals surface area contributed by atoms with Gasteiger partial charge in [-0.2, -0.15) is 0 Å². The number of hydrogen-bond donors (Lipinski definition) is 1. The number of allylic oxidation sites excluding steroid dienone is 2. The first-order valence-electron chi connectivity index (χ1n) is 9.49. The average molecular weight is 413 g/mol. The van der Waals surface area contributed by atoms with E-state index in [1.54, 1.807) is 42.2 Å². The van der Waals surface area contributed by atoms with Crippen LogP contribution in [-0.4, -0.2) is 38.0 Å². The number of anilines is 1. The molecule has 0 aliphatic heterocycles. The molecule has 29 heavy (non-hydrogen) atoms. The predicted molar refractivity (Wildman–Crippen MR) is 114 cm³/mol. The molecule has 0 saturated heterocycles. The minimum absolute atomic E-state index is 0.0727. The number of nitrogens with one attached hydrogen (secondary N) is 1. The van der Waals surface area contributed by atoms with Crippen molar-refractivity contribution >= 4 is 27.3 Å². The lowest BCUT2D eigenvalue weighted by Gasteiger charge is -2.29. The van der Waals surface area contributed by atoms with Crippen LogP contribution in [0.15, 0.2) is 53.1 Å². The van der Waals surface area contributed by atoms with Gasteiger partial charge in [0, 0.05) is 24.2 Å². The van der Waals surface area contributed by atoms with Gasteiger partial charge in [0.25, 0.3) is 10.0 Å². The first kappa shape index (κ1) is 20.8. The van der Waals surface area contributed by atoms with E-state index in [1.165, 1.54) is 6.07 Å². The fourth-order valence-electron chi connectivity index (χ4n) is 3.47. The summed E-state index contributed by atoms with van der Waals surface area (Å²) in [5.74, 6) is -1.12. The standard InChI is InChI=1S/C22H24N2O4S/c1-5-24(6-2)19-20(25)16-11-7-8-12-17(16)21(26)22(19)29(27,28)23-18-13-9-10-14(3)15(18)4/h7-13,23H,5-6H2,1-4H3. The van der Waals surface area contributed by atoms with Gasteiger partial charge >= 0.3 is 0 Å². The first-order chi connectivity index (χ1) is 13.7. The van der Waals surface area contributed by atoms with Gasteiger partial charge in [-0.1, -0.05) is 36.4 Å². The maximum atomic E-state index is 13.4. The average Bonchev–Trinajstić information content (AvgIpc) is 2.69. The largest absolute Gasteiger partial charge is 0.368 e. The number of aryl methyl sites for hydroxylation is 1. The highest BCUT2D eigenvalue weighted by Crippen LogP contribution is 2.32. The number of carbonyl (C=O) groups is 2. The number of Topliss-reactive ketones (excluding diaryl/α,β-unsaturated/α-hetero) is 2. The van der Waals surface area contributed by atoms with Crippen molar-refractivity contribution in [2.24, 2.45) is 0 Å². The second-order valence-corrected chi connectivity index (χ2v) is 8.53. The Morgan fingerprint density at radius 1 is 0.862 bits per heavy atom. The van der Waals surface area contributed by atoms with Crippen molar-refractivity contribution in [1.29, 1.82) is 0 Å². The van der Waals surface area contributed by atoms with Crippen LogP contribution in [0.4, 0.5) is 5.69 Å². The molecule has 0 saturated carbocycles. The molecule has 1 N–H and O–H groups in total. The molecular weight excluding hydrogens is 388 g/mol. The summed E-state index contributed by atoms with van der Waals surface area (Å²) in [6.07, 6.45) is 0. The van der Waals surface area contributed by atoms with Crippen molar-refractivity contribution in [3.05, 3.63) is 75.3 Å². The predicted octanol–water partition coefficient (Wildman–Crippen LogP) is 3.68. The van der Waals surface area contributed by atoms with Gasteiger partial charge < -0.3 is 4.90 Å². The highest BCUT2D eigenvalue weighted by atomic mass is 32.2. The summed E-state index contributed by atoms with van der Waals surface area (Å²) in [7, 11) is -4.30. The highest BCUT2D eigenvalue weighted by molar-refractivity contribution is 7.97. The molecule has 0 spiro atoms. The molecule has 1 aliphatic rings. The monoisotopic (exact) mass is 412 g/mol. The number of fused-ring (bicyclic) bond motifs is 1. The van der Waals surface area contributed by atoms with Crippen molar-refractivity contribution in [3.63, 3.8) is 0 Å². The molecule has 1 aliphatic carbocycles. The first-order valence-corrected chi connectivity index (χ1v) is 11.0.